The number of aliphatic hydroxyl groups excluding tert-OH is 1. The van der Waals surface area contributed by atoms with Crippen LogP contribution >= 0.6 is 0 Å². The largest absolute Gasteiger partial charge is 0.493 e. The molecular formula is C18H27NO4. The number of hydrogen-bond acceptors (Lipinski definition) is 5. The number of ether oxygens (including phenoxy) is 3. The van der Waals surface area contributed by atoms with Gasteiger partial charge in [0.25, 0.3) is 0 Å². The Labute approximate surface area is 138 Å². The monoisotopic (exact) mass is 321 g/mol. The molecule has 3 rings (SSSR count). The highest BCUT2D eigenvalue weighted by Gasteiger charge is 2.33. The van der Waals surface area contributed by atoms with E-state index in [9.17, 15) is 5.11 Å². The van der Waals surface area contributed by atoms with Crippen molar-refractivity contribution in [1.29, 1.82) is 0 Å². The second-order valence-corrected chi connectivity index (χ2v) is 6.46. The van der Waals surface area contributed by atoms with E-state index >= 15 is 0 Å². The maximum Gasteiger partial charge on any atom is 0.164 e. The number of hydrogen-bond donors (Lipinski definition) is 1. The SMILES string of the molecule is COc1ccc(O[C@@H]2CCN(C3CCCC3)C[C@H]2O)cc1OC. The zero-order valence-electron chi connectivity index (χ0n) is 14.0. The third-order valence-electron chi connectivity index (χ3n) is 5.04. The van der Waals surface area contributed by atoms with E-state index in [4.69, 9.17) is 14.2 Å². The third kappa shape index (κ3) is 3.72. The quantitative estimate of drug-likeness (QED) is 0.903. The lowest BCUT2D eigenvalue weighted by Crippen LogP contribution is -2.51. The summed E-state index contributed by atoms with van der Waals surface area (Å²) in [6.45, 7) is 1.71. The molecule has 23 heavy (non-hydrogen) atoms. The van der Waals surface area contributed by atoms with Gasteiger partial charge in [-0.25, -0.2) is 0 Å². The fraction of sp³-hybridized carbons (Fsp3) is 0.667. The minimum Gasteiger partial charge on any atom is -0.493 e. The first-order valence-electron chi connectivity index (χ1n) is 8.52. The van der Waals surface area contributed by atoms with Crippen molar-refractivity contribution in [3.63, 3.8) is 0 Å². The predicted molar refractivity (Wildman–Crippen MR) is 88.4 cm³/mol. The minimum atomic E-state index is -0.447. The van der Waals surface area contributed by atoms with Crippen LogP contribution < -0.4 is 14.2 Å². The van der Waals surface area contributed by atoms with Gasteiger partial charge in [-0.1, -0.05) is 12.8 Å². The zero-order valence-corrected chi connectivity index (χ0v) is 14.0. The van der Waals surface area contributed by atoms with Crippen molar-refractivity contribution in [2.45, 2.75) is 50.4 Å². The summed E-state index contributed by atoms with van der Waals surface area (Å²) in [6, 6.07) is 6.16. The van der Waals surface area contributed by atoms with Crippen LogP contribution in [0.25, 0.3) is 0 Å². The molecule has 0 radical (unpaired) electrons. The van der Waals surface area contributed by atoms with Crippen LogP contribution in [0.2, 0.25) is 0 Å². The highest BCUT2D eigenvalue weighted by Crippen LogP contribution is 2.33. The van der Waals surface area contributed by atoms with Crippen LogP contribution in [0.5, 0.6) is 17.2 Å². The van der Waals surface area contributed by atoms with Crippen molar-refractivity contribution >= 4 is 0 Å². The molecule has 1 N–H and O–H groups in total. The second-order valence-electron chi connectivity index (χ2n) is 6.46. The van der Waals surface area contributed by atoms with Crippen molar-refractivity contribution in [3.05, 3.63) is 18.2 Å². The van der Waals surface area contributed by atoms with Gasteiger partial charge in [0.1, 0.15) is 18.0 Å². The van der Waals surface area contributed by atoms with E-state index in [0.29, 0.717) is 29.8 Å². The summed E-state index contributed by atoms with van der Waals surface area (Å²) in [6.07, 6.45) is 5.43. The summed E-state index contributed by atoms with van der Waals surface area (Å²) < 4.78 is 16.5. The van der Waals surface area contributed by atoms with Crippen molar-refractivity contribution in [3.8, 4) is 17.2 Å². The molecule has 0 spiro atoms. The average molecular weight is 321 g/mol. The van der Waals surface area contributed by atoms with Crippen LogP contribution in [0.1, 0.15) is 32.1 Å². The maximum absolute atomic E-state index is 10.5. The Morgan fingerprint density at radius 2 is 1.78 bits per heavy atom. The van der Waals surface area contributed by atoms with Gasteiger partial charge in [0.05, 0.1) is 14.2 Å². The van der Waals surface area contributed by atoms with Gasteiger partial charge in [0.2, 0.25) is 0 Å². The Hall–Kier alpha value is -1.46. The Morgan fingerprint density at radius 1 is 1.04 bits per heavy atom. The lowest BCUT2D eigenvalue weighted by Gasteiger charge is -2.39. The number of benzene rings is 1. The molecule has 1 aliphatic carbocycles. The third-order valence-corrected chi connectivity index (χ3v) is 5.04. The molecule has 5 nitrogen and oxygen atoms in total. The van der Waals surface area contributed by atoms with Crippen LogP contribution in [0, 0.1) is 0 Å². The molecular weight excluding hydrogens is 294 g/mol. The average Bonchev–Trinajstić information content (AvgIpc) is 3.11. The first kappa shape index (κ1) is 16.4. The highest BCUT2D eigenvalue weighted by molar-refractivity contribution is 5.45. The van der Waals surface area contributed by atoms with Crippen LogP contribution in [0.15, 0.2) is 18.2 Å². The standard InChI is InChI=1S/C18H27NO4/c1-21-17-8-7-14(11-18(17)22-2)23-16-9-10-19(12-15(16)20)13-5-3-4-6-13/h7-8,11,13,15-16,20H,3-6,9-10,12H2,1-2H3/t15-,16-/m1/s1. The van der Waals surface area contributed by atoms with Gasteiger partial charge in [-0.05, 0) is 31.4 Å². The first-order chi connectivity index (χ1) is 11.2. The molecule has 2 atom stereocenters. The summed E-state index contributed by atoms with van der Waals surface area (Å²) in [5, 5.41) is 10.5. The normalized spacial score (nSPS) is 26.2. The molecule has 1 heterocycles. The molecule has 1 aliphatic heterocycles. The number of piperidine rings is 1. The molecule has 1 aromatic rings. The fourth-order valence-corrected chi connectivity index (χ4v) is 3.74. The minimum absolute atomic E-state index is 0.161. The van der Waals surface area contributed by atoms with Crippen molar-refractivity contribution in [2.24, 2.45) is 0 Å². The topological polar surface area (TPSA) is 51.2 Å². The Balaban J connectivity index is 1.60. The Bertz CT molecular complexity index is 516. The molecule has 1 saturated heterocycles. The van der Waals surface area contributed by atoms with Crippen LogP contribution in [0.3, 0.4) is 0 Å². The van der Waals surface area contributed by atoms with Gasteiger partial charge in [-0.15, -0.1) is 0 Å². The summed E-state index contributed by atoms with van der Waals surface area (Å²) in [5.74, 6) is 2.03. The van der Waals surface area contributed by atoms with E-state index in [1.165, 1.54) is 25.7 Å². The van der Waals surface area contributed by atoms with Gasteiger partial charge in [-0.3, -0.25) is 4.90 Å². The summed E-state index contributed by atoms with van der Waals surface area (Å²) in [4.78, 5) is 2.44. The Morgan fingerprint density at radius 3 is 2.43 bits per heavy atom. The highest BCUT2D eigenvalue weighted by atomic mass is 16.5. The van der Waals surface area contributed by atoms with Gasteiger partial charge < -0.3 is 19.3 Å². The fourth-order valence-electron chi connectivity index (χ4n) is 3.74. The molecule has 0 unspecified atom stereocenters. The van der Waals surface area contributed by atoms with Crippen molar-refractivity contribution in [2.75, 3.05) is 27.3 Å². The summed E-state index contributed by atoms with van der Waals surface area (Å²) in [5.41, 5.74) is 0. The van der Waals surface area contributed by atoms with E-state index < -0.39 is 6.10 Å². The second kappa shape index (κ2) is 7.41. The van der Waals surface area contributed by atoms with Crippen molar-refractivity contribution in [1.82, 2.24) is 4.90 Å². The van der Waals surface area contributed by atoms with Gasteiger partial charge >= 0.3 is 0 Å². The molecule has 0 aromatic heterocycles. The van der Waals surface area contributed by atoms with Crippen molar-refractivity contribution < 1.29 is 19.3 Å². The van der Waals surface area contributed by atoms with Gasteiger partial charge in [-0.2, -0.15) is 0 Å². The van der Waals surface area contributed by atoms with Crippen LogP contribution in [-0.4, -0.2) is 55.6 Å². The zero-order chi connectivity index (χ0) is 16.2. The number of rotatable bonds is 5. The van der Waals surface area contributed by atoms with Crippen LogP contribution in [0.4, 0.5) is 0 Å². The summed E-state index contributed by atoms with van der Waals surface area (Å²) in [7, 11) is 3.22. The van der Waals surface area contributed by atoms with E-state index in [-0.39, 0.29) is 6.10 Å². The number of β-amino-alcohol motifs (C(OH)–C–C–N with tert-alkyl or cyclic N) is 1. The Kier molecular flexibility index (Phi) is 5.28. The number of likely N-dealkylation sites (tertiary alicyclic amines) is 1. The summed E-state index contributed by atoms with van der Waals surface area (Å²) >= 11 is 0. The molecule has 1 saturated carbocycles. The molecule has 0 amide bonds. The van der Waals surface area contributed by atoms with Crippen LogP contribution in [-0.2, 0) is 0 Å². The number of methoxy groups -OCH3 is 2. The molecule has 5 heteroatoms. The predicted octanol–water partition coefficient (Wildman–Crippen LogP) is 2.46. The lowest BCUT2D eigenvalue weighted by atomic mass is 10.0. The first-order valence-corrected chi connectivity index (χ1v) is 8.52. The molecule has 1 aromatic carbocycles. The number of aliphatic hydroxyl groups is 1. The van der Waals surface area contributed by atoms with E-state index in [1.54, 1.807) is 14.2 Å². The van der Waals surface area contributed by atoms with Gasteiger partial charge in [0.15, 0.2) is 11.5 Å². The smallest absolute Gasteiger partial charge is 0.164 e. The van der Waals surface area contributed by atoms with E-state index in [1.807, 2.05) is 18.2 Å². The van der Waals surface area contributed by atoms with Gasteiger partial charge in [0, 0.05) is 25.2 Å². The molecule has 128 valence electrons. The molecule has 0 bridgehead atoms. The molecule has 2 fully saturated rings. The number of nitrogens with zero attached hydrogens (tertiary/aromatic N) is 1. The maximum atomic E-state index is 10.5. The lowest BCUT2D eigenvalue weighted by molar-refractivity contribution is -0.0365. The molecule has 2 aliphatic rings. The van der Waals surface area contributed by atoms with E-state index in [2.05, 4.69) is 4.90 Å². The van der Waals surface area contributed by atoms with E-state index in [0.717, 1.165) is 13.0 Å².